The van der Waals surface area contributed by atoms with Gasteiger partial charge in [0.2, 0.25) is 0 Å². The first-order valence-electron chi connectivity index (χ1n) is 10.7. The summed E-state index contributed by atoms with van der Waals surface area (Å²) in [5.41, 5.74) is 4.81. The summed E-state index contributed by atoms with van der Waals surface area (Å²) in [4.78, 5) is 5.15. The molecule has 0 spiro atoms. The molecule has 2 aliphatic carbocycles. The molecular weight excluding hydrogens is 358 g/mol. The molecule has 1 heterocycles. The van der Waals surface area contributed by atoms with Gasteiger partial charge in [0.1, 0.15) is 12.4 Å². The molecule has 3 heteroatoms. The molecule has 2 aromatic rings. The van der Waals surface area contributed by atoms with Crippen molar-refractivity contribution in [1.29, 1.82) is 0 Å². The fourth-order valence-corrected chi connectivity index (χ4v) is 5.62. The topological polar surface area (TPSA) is 30.8 Å². The Morgan fingerprint density at radius 1 is 1.07 bits per heavy atom. The molecule has 5 rings (SSSR count). The molecule has 1 aliphatic heterocycles. The van der Waals surface area contributed by atoms with Gasteiger partial charge in [0.15, 0.2) is 5.90 Å². The Morgan fingerprint density at radius 2 is 1.83 bits per heavy atom. The molecule has 29 heavy (non-hydrogen) atoms. The van der Waals surface area contributed by atoms with E-state index in [0.29, 0.717) is 12.5 Å². The molecule has 150 valence electrons. The lowest BCUT2D eigenvalue weighted by Gasteiger charge is -2.44. The van der Waals surface area contributed by atoms with Crippen LogP contribution in [0.15, 0.2) is 65.2 Å². The maximum Gasteiger partial charge on any atom is 0.195 e. The van der Waals surface area contributed by atoms with Gasteiger partial charge in [0.25, 0.3) is 0 Å². The van der Waals surface area contributed by atoms with Gasteiger partial charge in [0.05, 0.1) is 18.1 Å². The second kappa shape index (κ2) is 6.76. The fourth-order valence-electron chi connectivity index (χ4n) is 5.62. The average molecular weight is 388 g/mol. The van der Waals surface area contributed by atoms with Crippen molar-refractivity contribution < 1.29 is 9.47 Å². The normalized spacial score (nSPS) is 27.1. The van der Waals surface area contributed by atoms with E-state index >= 15 is 0 Å². The van der Waals surface area contributed by atoms with Crippen LogP contribution in [0.4, 0.5) is 0 Å². The van der Waals surface area contributed by atoms with E-state index in [1.165, 1.54) is 28.7 Å². The number of nitrogens with zero attached hydrogens (tertiary/aromatic N) is 1. The highest BCUT2D eigenvalue weighted by atomic mass is 16.5. The first kappa shape index (κ1) is 18.5. The zero-order chi connectivity index (χ0) is 20.1. The number of methoxy groups -OCH3 is 1. The van der Waals surface area contributed by atoms with Crippen molar-refractivity contribution in [3.05, 3.63) is 76.9 Å². The van der Waals surface area contributed by atoms with Crippen LogP contribution in [0.2, 0.25) is 0 Å². The highest BCUT2D eigenvalue weighted by molar-refractivity contribution is 5.95. The Balaban J connectivity index is 1.79. The monoisotopic (exact) mass is 387 g/mol. The van der Waals surface area contributed by atoms with Crippen molar-refractivity contribution in [2.45, 2.75) is 50.5 Å². The minimum Gasteiger partial charge on any atom is -0.496 e. The van der Waals surface area contributed by atoms with Gasteiger partial charge in [0, 0.05) is 11.5 Å². The summed E-state index contributed by atoms with van der Waals surface area (Å²) in [6.45, 7) is 4.97. The molecule has 0 N–H and O–H groups in total. The summed E-state index contributed by atoms with van der Waals surface area (Å²) in [6.07, 6.45) is 4.32. The SMILES string of the molecule is COC1=C2CCC[C@@H]2[C@](Cc2ccccc2)(C2=NC(C)(C)CO2)c2ccccc21. The van der Waals surface area contributed by atoms with Crippen LogP contribution >= 0.6 is 0 Å². The molecule has 1 saturated carbocycles. The van der Waals surface area contributed by atoms with Crippen molar-refractivity contribution in [3.8, 4) is 0 Å². The summed E-state index contributed by atoms with van der Waals surface area (Å²) in [5, 5.41) is 0. The van der Waals surface area contributed by atoms with Gasteiger partial charge in [-0.2, -0.15) is 0 Å². The van der Waals surface area contributed by atoms with Gasteiger partial charge in [-0.05, 0) is 56.2 Å². The minimum absolute atomic E-state index is 0.183. The fraction of sp³-hybridized carbons (Fsp3) is 0.423. The van der Waals surface area contributed by atoms with E-state index in [2.05, 4.69) is 68.4 Å². The largest absolute Gasteiger partial charge is 0.496 e. The third kappa shape index (κ3) is 2.82. The van der Waals surface area contributed by atoms with Crippen LogP contribution in [0.1, 0.15) is 49.8 Å². The molecule has 0 bridgehead atoms. The lowest BCUT2D eigenvalue weighted by atomic mass is 9.60. The third-order valence-electron chi connectivity index (χ3n) is 6.78. The summed E-state index contributed by atoms with van der Waals surface area (Å²) >= 11 is 0. The molecule has 0 amide bonds. The van der Waals surface area contributed by atoms with E-state index in [0.717, 1.165) is 30.9 Å². The van der Waals surface area contributed by atoms with E-state index in [4.69, 9.17) is 14.5 Å². The molecule has 0 radical (unpaired) electrons. The van der Waals surface area contributed by atoms with Crippen molar-refractivity contribution in [1.82, 2.24) is 0 Å². The Bertz CT molecular complexity index is 989. The van der Waals surface area contributed by atoms with Crippen molar-refractivity contribution >= 4 is 11.7 Å². The van der Waals surface area contributed by atoms with E-state index in [-0.39, 0.29) is 11.0 Å². The number of allylic oxidation sites excluding steroid dienone is 1. The van der Waals surface area contributed by atoms with Gasteiger partial charge in [-0.15, -0.1) is 0 Å². The standard InChI is InChI=1S/C26H29NO2/c1-25(2)17-29-24(27-25)26(16-18-10-5-4-6-11-18)21-14-8-7-12-19(21)23(28-3)20-13-9-15-22(20)26/h4-8,10-12,14,22H,9,13,15-17H2,1-3H3/t22-,26+/m0/s1. The number of benzene rings is 2. The molecule has 0 unspecified atom stereocenters. The van der Waals surface area contributed by atoms with E-state index in [1.54, 1.807) is 0 Å². The quantitative estimate of drug-likeness (QED) is 0.689. The number of hydrogen-bond acceptors (Lipinski definition) is 3. The van der Waals surface area contributed by atoms with Crippen LogP contribution in [0.5, 0.6) is 0 Å². The lowest BCUT2D eigenvalue weighted by Crippen LogP contribution is -2.47. The predicted octanol–water partition coefficient (Wildman–Crippen LogP) is 5.55. The van der Waals surface area contributed by atoms with Crippen LogP contribution in [0.25, 0.3) is 5.76 Å². The lowest BCUT2D eigenvalue weighted by molar-refractivity contribution is 0.239. The Hall–Kier alpha value is -2.55. The molecule has 1 fully saturated rings. The van der Waals surface area contributed by atoms with Crippen LogP contribution in [0.3, 0.4) is 0 Å². The van der Waals surface area contributed by atoms with Crippen molar-refractivity contribution in [2.75, 3.05) is 13.7 Å². The molecule has 0 saturated heterocycles. The summed E-state index contributed by atoms with van der Waals surface area (Å²) in [5.74, 6) is 2.35. The molecule has 0 aromatic heterocycles. The molecular formula is C26H29NO2. The molecule has 2 aromatic carbocycles. The highest BCUT2D eigenvalue weighted by Crippen LogP contribution is 2.56. The van der Waals surface area contributed by atoms with Crippen molar-refractivity contribution in [3.63, 3.8) is 0 Å². The van der Waals surface area contributed by atoms with Crippen LogP contribution in [0, 0.1) is 5.92 Å². The first-order chi connectivity index (χ1) is 14.0. The second-order valence-electron chi connectivity index (χ2n) is 9.20. The number of aliphatic imine (C=N–C) groups is 1. The number of ether oxygens (including phenoxy) is 2. The van der Waals surface area contributed by atoms with Crippen LogP contribution in [-0.4, -0.2) is 25.2 Å². The smallest absolute Gasteiger partial charge is 0.195 e. The average Bonchev–Trinajstić information content (AvgIpc) is 3.36. The summed E-state index contributed by atoms with van der Waals surface area (Å²) < 4.78 is 12.4. The minimum atomic E-state index is -0.278. The highest BCUT2D eigenvalue weighted by Gasteiger charge is 2.55. The Labute approximate surface area is 173 Å². The van der Waals surface area contributed by atoms with E-state index < -0.39 is 0 Å². The van der Waals surface area contributed by atoms with Gasteiger partial charge in [-0.25, -0.2) is 4.99 Å². The zero-order valence-electron chi connectivity index (χ0n) is 17.6. The van der Waals surface area contributed by atoms with Gasteiger partial charge < -0.3 is 9.47 Å². The first-order valence-corrected chi connectivity index (χ1v) is 10.7. The molecule has 3 aliphatic rings. The zero-order valence-corrected chi connectivity index (χ0v) is 17.6. The van der Waals surface area contributed by atoms with Gasteiger partial charge >= 0.3 is 0 Å². The van der Waals surface area contributed by atoms with E-state index in [1.807, 2.05) is 7.11 Å². The molecule has 2 atom stereocenters. The van der Waals surface area contributed by atoms with E-state index in [9.17, 15) is 0 Å². The Kier molecular flexibility index (Phi) is 4.31. The number of fused-ring (bicyclic) bond motifs is 2. The number of hydrogen-bond donors (Lipinski definition) is 0. The predicted molar refractivity (Wildman–Crippen MR) is 117 cm³/mol. The number of rotatable bonds is 4. The summed E-state index contributed by atoms with van der Waals surface area (Å²) in [7, 11) is 1.81. The van der Waals surface area contributed by atoms with Crippen molar-refractivity contribution in [2.24, 2.45) is 10.9 Å². The van der Waals surface area contributed by atoms with Gasteiger partial charge in [-0.3, -0.25) is 0 Å². The van der Waals surface area contributed by atoms with Crippen LogP contribution in [-0.2, 0) is 21.3 Å². The summed E-state index contributed by atoms with van der Waals surface area (Å²) in [6, 6.07) is 19.5. The second-order valence-corrected chi connectivity index (χ2v) is 9.20. The third-order valence-corrected chi connectivity index (χ3v) is 6.78. The maximum atomic E-state index is 6.40. The molecule has 3 nitrogen and oxygen atoms in total. The Morgan fingerprint density at radius 3 is 2.55 bits per heavy atom. The maximum absolute atomic E-state index is 6.40. The van der Waals surface area contributed by atoms with Gasteiger partial charge in [-0.1, -0.05) is 54.6 Å². The van der Waals surface area contributed by atoms with Crippen LogP contribution < -0.4 is 0 Å².